The van der Waals surface area contributed by atoms with Crippen LogP contribution in [0.4, 0.5) is 5.82 Å². The fourth-order valence-electron chi connectivity index (χ4n) is 1.19. The second-order valence-electron chi connectivity index (χ2n) is 2.91. The normalized spacial score (nSPS) is 10.1. The number of anilines is 1. The lowest BCUT2D eigenvalue weighted by Crippen LogP contribution is -1.92. The molecule has 2 rings (SSSR count). The van der Waals surface area contributed by atoms with Gasteiger partial charge in [-0.3, -0.25) is 5.10 Å². The predicted octanol–water partition coefficient (Wildman–Crippen LogP) is 1.22. The van der Waals surface area contributed by atoms with Crippen molar-refractivity contribution in [3.8, 4) is 11.4 Å². The van der Waals surface area contributed by atoms with Crippen LogP contribution in [0.3, 0.4) is 0 Å². The minimum absolute atomic E-state index is 0.739. The molecule has 0 atom stereocenters. The molecular weight excluding hydrogens is 178 g/mol. The average molecular weight is 189 g/mol. The van der Waals surface area contributed by atoms with Gasteiger partial charge < -0.3 is 5.32 Å². The van der Waals surface area contributed by atoms with Crippen LogP contribution in [0.15, 0.2) is 18.3 Å². The summed E-state index contributed by atoms with van der Waals surface area (Å²) in [5, 5.41) is 9.80. The molecule has 72 valence electrons. The molecule has 5 heteroatoms. The van der Waals surface area contributed by atoms with Crippen molar-refractivity contribution >= 4 is 5.82 Å². The fraction of sp³-hybridized carbons (Fsp3) is 0.222. The summed E-state index contributed by atoms with van der Waals surface area (Å²) >= 11 is 0. The van der Waals surface area contributed by atoms with Gasteiger partial charge in [0.15, 0.2) is 5.82 Å². The molecule has 0 saturated heterocycles. The zero-order valence-electron chi connectivity index (χ0n) is 8.07. The minimum Gasteiger partial charge on any atom is -0.373 e. The number of aromatic amines is 1. The number of nitrogens with one attached hydrogen (secondary N) is 2. The maximum absolute atomic E-state index is 4.23. The fourth-order valence-corrected chi connectivity index (χ4v) is 1.19. The molecule has 0 fully saturated rings. The quantitative estimate of drug-likeness (QED) is 0.745. The Balaban J connectivity index is 2.41. The lowest BCUT2D eigenvalue weighted by Gasteiger charge is -1.99. The summed E-state index contributed by atoms with van der Waals surface area (Å²) in [6.45, 7) is 1.85. The van der Waals surface area contributed by atoms with Crippen molar-refractivity contribution in [2.45, 2.75) is 6.92 Å². The molecule has 5 nitrogen and oxygen atoms in total. The van der Waals surface area contributed by atoms with Crippen molar-refractivity contribution in [2.24, 2.45) is 0 Å². The van der Waals surface area contributed by atoms with E-state index in [-0.39, 0.29) is 0 Å². The van der Waals surface area contributed by atoms with Gasteiger partial charge in [0.2, 0.25) is 0 Å². The summed E-state index contributed by atoms with van der Waals surface area (Å²) in [6, 6.07) is 3.81. The Morgan fingerprint density at radius 2 is 2.29 bits per heavy atom. The van der Waals surface area contributed by atoms with Gasteiger partial charge in [-0.1, -0.05) is 0 Å². The molecule has 0 unspecified atom stereocenters. The summed E-state index contributed by atoms with van der Waals surface area (Å²) < 4.78 is 0. The molecule has 14 heavy (non-hydrogen) atoms. The number of aryl methyl sites for hydroxylation is 1. The average Bonchev–Trinajstić information content (AvgIpc) is 2.65. The van der Waals surface area contributed by atoms with Crippen molar-refractivity contribution in [1.82, 2.24) is 20.2 Å². The van der Waals surface area contributed by atoms with Gasteiger partial charge in [-0.2, -0.15) is 5.10 Å². The molecule has 0 bridgehead atoms. The highest BCUT2D eigenvalue weighted by Gasteiger charge is 2.03. The Hall–Kier alpha value is -1.91. The van der Waals surface area contributed by atoms with E-state index in [0.717, 1.165) is 23.0 Å². The van der Waals surface area contributed by atoms with Crippen LogP contribution in [0, 0.1) is 6.92 Å². The number of hydrogen-bond donors (Lipinski definition) is 2. The molecule has 0 amide bonds. The van der Waals surface area contributed by atoms with Crippen LogP contribution < -0.4 is 5.32 Å². The molecule has 0 radical (unpaired) electrons. The molecule has 2 aromatic heterocycles. The molecule has 0 spiro atoms. The van der Waals surface area contributed by atoms with Gasteiger partial charge in [-0.15, -0.1) is 0 Å². The van der Waals surface area contributed by atoms with Crippen molar-refractivity contribution in [1.29, 1.82) is 0 Å². The molecule has 2 heterocycles. The van der Waals surface area contributed by atoms with E-state index in [9.17, 15) is 0 Å². The van der Waals surface area contributed by atoms with Crippen molar-refractivity contribution in [2.75, 3.05) is 12.4 Å². The van der Waals surface area contributed by atoms with Crippen LogP contribution in [0.5, 0.6) is 0 Å². The summed E-state index contributed by atoms with van der Waals surface area (Å²) in [5.74, 6) is 2.32. The number of nitrogens with zero attached hydrogens (tertiary/aromatic N) is 3. The first kappa shape index (κ1) is 8.68. The highest BCUT2D eigenvalue weighted by Crippen LogP contribution is 2.16. The largest absolute Gasteiger partial charge is 0.373 e. The van der Waals surface area contributed by atoms with Crippen LogP contribution in [0.1, 0.15) is 5.82 Å². The summed E-state index contributed by atoms with van der Waals surface area (Å²) in [7, 11) is 1.83. The maximum atomic E-state index is 4.23. The van der Waals surface area contributed by atoms with Crippen LogP contribution in [-0.4, -0.2) is 27.2 Å². The van der Waals surface area contributed by atoms with Gasteiger partial charge in [0.25, 0.3) is 0 Å². The SMILES string of the molecule is CNc1cc(-c2nc(C)n[nH]2)ccn1. The first-order valence-electron chi connectivity index (χ1n) is 4.33. The number of H-pyrrole nitrogens is 1. The van der Waals surface area contributed by atoms with Gasteiger partial charge in [-0.25, -0.2) is 9.97 Å². The molecule has 0 aliphatic rings. The van der Waals surface area contributed by atoms with Crippen LogP contribution in [0.25, 0.3) is 11.4 Å². The van der Waals surface area contributed by atoms with E-state index in [1.165, 1.54) is 0 Å². The van der Waals surface area contributed by atoms with Gasteiger partial charge in [0.1, 0.15) is 11.6 Å². The number of pyridine rings is 1. The lowest BCUT2D eigenvalue weighted by molar-refractivity contribution is 1.04. The maximum Gasteiger partial charge on any atom is 0.155 e. The van der Waals surface area contributed by atoms with Crippen molar-refractivity contribution < 1.29 is 0 Å². The van der Waals surface area contributed by atoms with Crippen LogP contribution >= 0.6 is 0 Å². The minimum atomic E-state index is 0.739. The summed E-state index contributed by atoms with van der Waals surface area (Å²) in [5.41, 5.74) is 0.977. The van der Waals surface area contributed by atoms with E-state index < -0.39 is 0 Å². The van der Waals surface area contributed by atoms with E-state index in [1.807, 2.05) is 26.1 Å². The molecule has 2 N–H and O–H groups in total. The third-order valence-corrected chi connectivity index (χ3v) is 1.89. The third-order valence-electron chi connectivity index (χ3n) is 1.89. The van der Waals surface area contributed by atoms with Crippen molar-refractivity contribution in [3.63, 3.8) is 0 Å². The topological polar surface area (TPSA) is 66.5 Å². The standard InChI is InChI=1S/C9H11N5/c1-6-12-9(14-13-6)7-3-4-11-8(5-7)10-2/h3-5H,1-2H3,(H,10,11)(H,12,13,14). The van der Waals surface area contributed by atoms with Gasteiger partial charge in [0, 0.05) is 18.8 Å². The molecule has 0 aliphatic heterocycles. The smallest absolute Gasteiger partial charge is 0.155 e. The Labute approximate surface area is 81.6 Å². The van der Waals surface area contributed by atoms with E-state index in [2.05, 4.69) is 25.5 Å². The molecular formula is C9H11N5. The number of aromatic nitrogens is 4. The molecule has 0 aliphatic carbocycles. The zero-order valence-corrected chi connectivity index (χ0v) is 8.07. The van der Waals surface area contributed by atoms with E-state index in [1.54, 1.807) is 6.20 Å². The Morgan fingerprint density at radius 3 is 2.93 bits per heavy atom. The second kappa shape index (κ2) is 3.45. The monoisotopic (exact) mass is 189 g/mol. The zero-order chi connectivity index (χ0) is 9.97. The highest BCUT2D eigenvalue weighted by atomic mass is 15.2. The van der Waals surface area contributed by atoms with Crippen LogP contribution in [-0.2, 0) is 0 Å². The lowest BCUT2D eigenvalue weighted by atomic mass is 10.2. The third kappa shape index (κ3) is 1.56. The Bertz CT molecular complexity index is 434. The first-order chi connectivity index (χ1) is 6.79. The summed E-state index contributed by atoms with van der Waals surface area (Å²) in [4.78, 5) is 8.35. The summed E-state index contributed by atoms with van der Waals surface area (Å²) in [6.07, 6.45) is 1.74. The van der Waals surface area contributed by atoms with E-state index in [0.29, 0.717) is 0 Å². The van der Waals surface area contributed by atoms with Gasteiger partial charge in [-0.05, 0) is 19.1 Å². The van der Waals surface area contributed by atoms with E-state index >= 15 is 0 Å². The first-order valence-corrected chi connectivity index (χ1v) is 4.33. The number of rotatable bonds is 2. The molecule has 0 saturated carbocycles. The Kier molecular flexibility index (Phi) is 2.14. The Morgan fingerprint density at radius 1 is 1.43 bits per heavy atom. The second-order valence-corrected chi connectivity index (χ2v) is 2.91. The molecule has 2 aromatic rings. The van der Waals surface area contributed by atoms with Gasteiger partial charge >= 0.3 is 0 Å². The highest BCUT2D eigenvalue weighted by molar-refractivity contribution is 5.58. The van der Waals surface area contributed by atoms with Gasteiger partial charge in [0.05, 0.1) is 0 Å². The van der Waals surface area contributed by atoms with E-state index in [4.69, 9.17) is 0 Å². The molecule has 0 aromatic carbocycles. The van der Waals surface area contributed by atoms with Crippen molar-refractivity contribution in [3.05, 3.63) is 24.2 Å². The predicted molar refractivity (Wildman–Crippen MR) is 53.9 cm³/mol. The van der Waals surface area contributed by atoms with Crippen LogP contribution in [0.2, 0.25) is 0 Å². The number of hydrogen-bond acceptors (Lipinski definition) is 4.